The topological polar surface area (TPSA) is 41.6 Å². The van der Waals surface area contributed by atoms with E-state index in [0.717, 1.165) is 61.3 Å². The number of carbonyl (C=O) groups is 1. The third kappa shape index (κ3) is 5.19. The van der Waals surface area contributed by atoms with Gasteiger partial charge in [0.2, 0.25) is 5.91 Å². The average molecular weight is 461 g/mol. The highest BCUT2D eigenvalue weighted by Gasteiger charge is 2.36. The van der Waals surface area contributed by atoms with Crippen LogP contribution in [0.25, 0.3) is 11.1 Å². The van der Waals surface area contributed by atoms with Gasteiger partial charge in [0.05, 0.1) is 6.10 Å². The number of amides is 1. The van der Waals surface area contributed by atoms with Crippen LogP contribution in [-0.4, -0.2) is 42.6 Å². The summed E-state index contributed by atoms with van der Waals surface area (Å²) in [5, 5.41) is 4.62. The van der Waals surface area contributed by atoms with Crippen LogP contribution in [0.15, 0.2) is 36.4 Å². The summed E-state index contributed by atoms with van der Waals surface area (Å²) in [5.74, 6) is 1.05. The van der Waals surface area contributed by atoms with Crippen molar-refractivity contribution in [2.24, 2.45) is 5.92 Å². The minimum absolute atomic E-state index is 0.0387. The molecule has 0 unspecified atom stereocenters. The van der Waals surface area contributed by atoms with Crippen LogP contribution >= 0.6 is 23.2 Å². The van der Waals surface area contributed by atoms with E-state index in [4.69, 9.17) is 27.9 Å². The van der Waals surface area contributed by atoms with Crippen molar-refractivity contribution in [3.05, 3.63) is 52.0 Å². The van der Waals surface area contributed by atoms with Gasteiger partial charge >= 0.3 is 0 Å². The lowest BCUT2D eigenvalue weighted by molar-refractivity contribution is -0.133. The normalized spacial score (nSPS) is 20.0. The third-order valence-electron chi connectivity index (χ3n) is 6.25. The number of ether oxygens (including phenoxy) is 1. The number of piperidine rings is 1. The van der Waals surface area contributed by atoms with Crippen molar-refractivity contribution < 1.29 is 9.53 Å². The standard InChI is InChI=1S/C25H30Cl2N2O2/c1-16(2)31-21-5-3-17(4-6-21)19-14-23(26)22(24(27)15-19)13-18-9-12-29(25(18)30)20-7-10-28-11-8-20/h3-6,14-16,18,20,28H,7-13H2,1-2H3/t18-/m0/s1. The lowest BCUT2D eigenvalue weighted by Crippen LogP contribution is -2.44. The van der Waals surface area contributed by atoms with E-state index in [0.29, 0.717) is 22.5 Å². The van der Waals surface area contributed by atoms with E-state index in [2.05, 4.69) is 10.2 Å². The van der Waals surface area contributed by atoms with Crippen molar-refractivity contribution in [1.29, 1.82) is 0 Å². The molecule has 0 aromatic heterocycles. The monoisotopic (exact) mass is 460 g/mol. The van der Waals surface area contributed by atoms with Gasteiger partial charge in [-0.15, -0.1) is 0 Å². The molecule has 166 valence electrons. The van der Waals surface area contributed by atoms with Gasteiger partial charge in [-0.1, -0.05) is 35.3 Å². The summed E-state index contributed by atoms with van der Waals surface area (Å²) in [7, 11) is 0. The van der Waals surface area contributed by atoms with E-state index in [1.54, 1.807) is 0 Å². The SMILES string of the molecule is CC(C)Oc1ccc(-c2cc(Cl)c(C[C@@H]3CCN(C4CCNCC4)C3=O)c(Cl)c2)cc1. The molecule has 0 saturated carbocycles. The predicted molar refractivity (Wildman–Crippen MR) is 127 cm³/mol. The molecular weight excluding hydrogens is 431 g/mol. The first-order valence-electron chi connectivity index (χ1n) is 11.2. The van der Waals surface area contributed by atoms with Gasteiger partial charge in [-0.25, -0.2) is 0 Å². The number of nitrogens with one attached hydrogen (secondary N) is 1. The summed E-state index contributed by atoms with van der Waals surface area (Å²) in [6.07, 6.45) is 3.68. The molecule has 1 amide bonds. The zero-order valence-corrected chi connectivity index (χ0v) is 19.7. The quantitative estimate of drug-likeness (QED) is 0.610. The van der Waals surface area contributed by atoms with Crippen LogP contribution in [0.5, 0.6) is 5.75 Å². The van der Waals surface area contributed by atoms with E-state index < -0.39 is 0 Å². The maximum Gasteiger partial charge on any atom is 0.226 e. The smallest absolute Gasteiger partial charge is 0.226 e. The largest absolute Gasteiger partial charge is 0.491 e. The highest BCUT2D eigenvalue weighted by molar-refractivity contribution is 6.36. The van der Waals surface area contributed by atoms with Crippen molar-refractivity contribution in [1.82, 2.24) is 10.2 Å². The van der Waals surface area contributed by atoms with Gasteiger partial charge in [0.1, 0.15) is 5.75 Å². The minimum Gasteiger partial charge on any atom is -0.491 e. The molecule has 0 aliphatic carbocycles. The van der Waals surface area contributed by atoms with Crippen LogP contribution in [-0.2, 0) is 11.2 Å². The lowest BCUT2D eigenvalue weighted by Gasteiger charge is -2.31. The first-order valence-corrected chi connectivity index (χ1v) is 11.9. The Morgan fingerprint density at radius 2 is 1.68 bits per heavy atom. The fraction of sp³-hybridized carbons (Fsp3) is 0.480. The Morgan fingerprint density at radius 1 is 1.03 bits per heavy atom. The van der Waals surface area contributed by atoms with Crippen LogP contribution in [0.4, 0.5) is 0 Å². The van der Waals surface area contributed by atoms with Gasteiger partial charge in [-0.05, 0) is 93.6 Å². The van der Waals surface area contributed by atoms with Crippen molar-refractivity contribution in [2.45, 2.75) is 51.7 Å². The molecule has 2 aliphatic rings. The van der Waals surface area contributed by atoms with E-state index in [1.807, 2.05) is 50.2 Å². The van der Waals surface area contributed by atoms with Crippen LogP contribution in [0.3, 0.4) is 0 Å². The second-order valence-electron chi connectivity index (χ2n) is 8.81. The Labute approximate surface area is 194 Å². The zero-order valence-electron chi connectivity index (χ0n) is 18.2. The molecule has 0 radical (unpaired) electrons. The van der Waals surface area contributed by atoms with E-state index in [1.165, 1.54) is 0 Å². The summed E-state index contributed by atoms with van der Waals surface area (Å²) >= 11 is 13.3. The molecule has 2 fully saturated rings. The van der Waals surface area contributed by atoms with Gasteiger partial charge in [0.25, 0.3) is 0 Å². The zero-order chi connectivity index (χ0) is 22.0. The summed E-state index contributed by atoms with van der Waals surface area (Å²) < 4.78 is 5.72. The molecule has 1 atom stereocenters. The molecule has 1 N–H and O–H groups in total. The van der Waals surface area contributed by atoms with Crippen molar-refractivity contribution >= 4 is 29.1 Å². The number of nitrogens with zero attached hydrogens (tertiary/aromatic N) is 1. The molecule has 2 heterocycles. The Kier molecular flexibility index (Phi) is 7.10. The molecule has 6 heteroatoms. The van der Waals surface area contributed by atoms with Gasteiger partial charge < -0.3 is 15.0 Å². The second-order valence-corrected chi connectivity index (χ2v) is 9.63. The minimum atomic E-state index is -0.0387. The summed E-state index contributed by atoms with van der Waals surface area (Å²) in [5.41, 5.74) is 2.86. The molecule has 0 bridgehead atoms. The number of halogens is 2. The molecule has 4 nitrogen and oxygen atoms in total. The molecule has 31 heavy (non-hydrogen) atoms. The van der Waals surface area contributed by atoms with Gasteiger partial charge in [0, 0.05) is 28.5 Å². The Balaban J connectivity index is 1.47. The van der Waals surface area contributed by atoms with Crippen molar-refractivity contribution in [3.63, 3.8) is 0 Å². The van der Waals surface area contributed by atoms with E-state index in [-0.39, 0.29) is 17.9 Å². The van der Waals surface area contributed by atoms with Gasteiger partial charge in [-0.3, -0.25) is 4.79 Å². The number of hydrogen-bond donors (Lipinski definition) is 1. The third-order valence-corrected chi connectivity index (χ3v) is 6.93. The van der Waals surface area contributed by atoms with Gasteiger partial charge in [-0.2, -0.15) is 0 Å². The summed E-state index contributed by atoms with van der Waals surface area (Å²) in [4.78, 5) is 15.1. The number of hydrogen-bond acceptors (Lipinski definition) is 3. The number of carbonyl (C=O) groups excluding carboxylic acids is 1. The van der Waals surface area contributed by atoms with Crippen LogP contribution < -0.4 is 10.1 Å². The predicted octanol–water partition coefficient (Wildman–Crippen LogP) is 5.59. The lowest BCUT2D eigenvalue weighted by atomic mass is 9.95. The highest BCUT2D eigenvalue weighted by Crippen LogP contribution is 2.36. The molecule has 2 aliphatic heterocycles. The van der Waals surface area contributed by atoms with Gasteiger partial charge in [0.15, 0.2) is 0 Å². The van der Waals surface area contributed by atoms with Crippen LogP contribution in [0.2, 0.25) is 10.0 Å². The summed E-state index contributed by atoms with van der Waals surface area (Å²) in [6, 6.07) is 12.2. The van der Waals surface area contributed by atoms with Crippen molar-refractivity contribution in [3.8, 4) is 16.9 Å². The first-order chi connectivity index (χ1) is 14.9. The Morgan fingerprint density at radius 3 is 2.29 bits per heavy atom. The molecule has 0 spiro atoms. The van der Waals surface area contributed by atoms with Crippen LogP contribution in [0, 0.1) is 5.92 Å². The molecule has 2 aromatic rings. The molecule has 2 aromatic carbocycles. The number of rotatable bonds is 6. The average Bonchev–Trinajstić information content (AvgIpc) is 3.11. The van der Waals surface area contributed by atoms with E-state index in [9.17, 15) is 4.79 Å². The van der Waals surface area contributed by atoms with E-state index >= 15 is 0 Å². The fourth-order valence-electron chi connectivity index (χ4n) is 4.64. The number of benzene rings is 2. The number of likely N-dealkylation sites (tertiary alicyclic amines) is 1. The first kappa shape index (κ1) is 22.4. The highest BCUT2D eigenvalue weighted by atomic mass is 35.5. The molecule has 4 rings (SSSR count). The maximum atomic E-state index is 13.0. The van der Waals surface area contributed by atoms with Crippen LogP contribution in [0.1, 0.15) is 38.7 Å². The maximum absolute atomic E-state index is 13.0. The van der Waals surface area contributed by atoms with Crippen molar-refractivity contribution in [2.75, 3.05) is 19.6 Å². The second kappa shape index (κ2) is 9.81. The molecular formula is C25H30Cl2N2O2. The molecule has 2 saturated heterocycles. The Hall–Kier alpha value is -1.75. The summed E-state index contributed by atoms with van der Waals surface area (Å²) in [6.45, 7) is 6.83. The Bertz CT molecular complexity index is 901. The fourth-order valence-corrected chi connectivity index (χ4v) is 5.28.